The maximum Gasteiger partial charge on any atom is 0.259 e. The quantitative estimate of drug-likeness (QED) is 0.106. The molecule has 2 fully saturated rings. The molecule has 4 aromatic heterocycles. The van der Waals surface area contributed by atoms with Crippen LogP contribution in [0.15, 0.2) is 204 Å². The smallest absolute Gasteiger partial charge is 0.259 e. The fourth-order valence-electron chi connectivity index (χ4n) is 12.2. The summed E-state index contributed by atoms with van der Waals surface area (Å²) in [5, 5.41) is 24.0. The average molecular weight is 1120 g/mol. The number of phenolic OH excluding ortho intramolecular Hbond substituents is 2. The molecule has 2 atom stereocenters. The fraction of sp³-hybridized carbons (Fsp3) is 0.200. The average Bonchev–Trinajstić information content (AvgIpc) is 2.33. The first-order chi connectivity index (χ1) is 41.2. The van der Waals surface area contributed by atoms with Crippen molar-refractivity contribution in [2.45, 2.75) is 49.6 Å². The predicted molar refractivity (Wildman–Crippen MR) is 329 cm³/mol. The molecule has 14 heteroatoms. The van der Waals surface area contributed by atoms with E-state index >= 15 is 0 Å². The van der Waals surface area contributed by atoms with Gasteiger partial charge in [-0.1, -0.05) is 84.9 Å². The van der Waals surface area contributed by atoms with Gasteiger partial charge in [-0.2, -0.15) is 0 Å². The Kier molecular flexibility index (Phi) is 14.2. The first-order valence-corrected chi connectivity index (χ1v) is 28.5. The highest BCUT2D eigenvalue weighted by atomic mass is 19.1. The number of aromatic amines is 2. The van der Waals surface area contributed by atoms with Crippen LogP contribution in [0.2, 0.25) is 0 Å². The predicted octanol–water partition coefficient (Wildman–Crippen LogP) is 13.7. The van der Waals surface area contributed by atoms with E-state index < -0.39 is 29.3 Å². The van der Waals surface area contributed by atoms with Crippen molar-refractivity contribution in [3.8, 4) is 33.8 Å². The van der Waals surface area contributed by atoms with E-state index in [2.05, 4.69) is 87.4 Å². The summed E-state index contributed by atoms with van der Waals surface area (Å²) < 4.78 is 41.3. The lowest BCUT2D eigenvalue weighted by Gasteiger charge is -2.29. The molecular formula is C70H62F2N8O4. The Hall–Kier alpha value is -9.50. The molecule has 2 saturated heterocycles. The molecule has 12 nitrogen and oxygen atoms in total. The second-order valence-electron chi connectivity index (χ2n) is 22.4. The largest absolute Gasteiger partial charge is 0.508 e. The number of piperidine rings is 2. The molecule has 0 spiro atoms. The van der Waals surface area contributed by atoms with Gasteiger partial charge in [0.2, 0.25) is 0 Å². The molecule has 0 aliphatic carbocycles. The topological polar surface area (TPSA) is 148 Å². The molecule has 2 aliphatic rings. The van der Waals surface area contributed by atoms with Gasteiger partial charge in [-0.05, 0) is 219 Å². The van der Waals surface area contributed by atoms with Crippen molar-refractivity contribution in [3.05, 3.63) is 261 Å². The van der Waals surface area contributed by atoms with Crippen LogP contribution >= 0.6 is 0 Å². The molecule has 2 aliphatic heterocycles. The second kappa shape index (κ2) is 22.7. The number of phenols is 2. The first-order valence-electron chi connectivity index (χ1n) is 29.0. The van der Waals surface area contributed by atoms with Gasteiger partial charge in [-0.25, -0.2) is 18.7 Å². The van der Waals surface area contributed by atoms with Crippen LogP contribution in [-0.4, -0.2) is 89.4 Å². The molecule has 0 saturated carbocycles. The number of aromatic nitrogens is 6. The van der Waals surface area contributed by atoms with Crippen LogP contribution in [0.4, 0.5) is 8.78 Å². The molecule has 8 aromatic carbocycles. The number of rotatable bonds is 10. The summed E-state index contributed by atoms with van der Waals surface area (Å²) >= 11 is 0. The standard InChI is InChI=1S/2C35H31FN4O2/c2*1-39-17-14-24(15-18-39)22-6-8-23(9-7-22)25-10-12-28-26(20-25)16-19-40(35(28)42)33(29-21-27(36)11-13-32(29)41)34-37-30-4-2-3-5-31(30)38-34/h2*2-13,16,19-21,24,33,41H,14-15,17-18H2,1H3,(H,37,38)/i33D;. The van der Waals surface area contributed by atoms with E-state index in [9.17, 15) is 30.0 Å². The van der Waals surface area contributed by atoms with Crippen LogP contribution in [0, 0.1) is 11.6 Å². The highest BCUT2D eigenvalue weighted by molar-refractivity contribution is 5.88. The molecule has 2 unspecified atom stereocenters. The van der Waals surface area contributed by atoms with Crippen LogP contribution in [0.1, 0.15) is 84.9 Å². The zero-order valence-electron chi connectivity index (χ0n) is 47.5. The van der Waals surface area contributed by atoms with Crippen molar-refractivity contribution in [1.29, 1.82) is 0 Å². The minimum atomic E-state index is -2.08. The number of hydrogen-bond donors (Lipinski definition) is 4. The minimum absolute atomic E-state index is 0.0809. The lowest BCUT2D eigenvalue weighted by atomic mass is 9.88. The number of benzene rings is 8. The van der Waals surface area contributed by atoms with Gasteiger partial charge in [0.1, 0.15) is 46.8 Å². The lowest BCUT2D eigenvalue weighted by Crippen LogP contribution is -2.29. The number of aromatic hydroxyl groups is 2. The fourth-order valence-corrected chi connectivity index (χ4v) is 12.2. The molecule has 14 rings (SSSR count). The minimum Gasteiger partial charge on any atom is -0.508 e. The van der Waals surface area contributed by atoms with E-state index in [0.29, 0.717) is 50.4 Å². The Morgan fingerprint density at radius 2 is 0.929 bits per heavy atom. The van der Waals surface area contributed by atoms with E-state index in [1.165, 1.54) is 63.6 Å². The monoisotopic (exact) mass is 1120 g/mol. The van der Waals surface area contributed by atoms with Crippen LogP contribution in [0.5, 0.6) is 11.5 Å². The lowest BCUT2D eigenvalue weighted by molar-refractivity contribution is 0.255. The van der Waals surface area contributed by atoms with Gasteiger partial charge in [-0.3, -0.25) is 9.59 Å². The number of para-hydroxylation sites is 4. The third-order valence-corrected chi connectivity index (χ3v) is 17.0. The zero-order valence-corrected chi connectivity index (χ0v) is 46.5. The number of fused-ring (bicyclic) bond motifs is 4. The Balaban J connectivity index is 0.000000158. The normalized spacial score (nSPS) is 15.9. The molecule has 12 aromatic rings. The number of nitrogens with zero attached hydrogens (tertiary/aromatic N) is 6. The van der Waals surface area contributed by atoms with Gasteiger partial charge in [0.15, 0.2) is 0 Å². The number of H-pyrrole nitrogens is 2. The molecule has 0 amide bonds. The summed E-state index contributed by atoms with van der Waals surface area (Å²) in [6, 6.07) is 51.6. The van der Waals surface area contributed by atoms with Crippen molar-refractivity contribution in [2.75, 3.05) is 40.3 Å². The summed E-state index contributed by atoms with van der Waals surface area (Å²) in [5.41, 5.74) is 9.09. The number of pyridine rings is 2. The molecule has 4 N–H and O–H groups in total. The molecule has 0 radical (unpaired) electrons. The van der Waals surface area contributed by atoms with Gasteiger partial charge in [-0.15, -0.1) is 0 Å². The van der Waals surface area contributed by atoms with Gasteiger partial charge in [0, 0.05) is 34.3 Å². The van der Waals surface area contributed by atoms with Crippen LogP contribution in [-0.2, 0) is 0 Å². The summed E-state index contributed by atoms with van der Waals surface area (Å²) in [7, 11) is 4.35. The maximum absolute atomic E-state index is 14.5. The summed E-state index contributed by atoms with van der Waals surface area (Å²) in [6.07, 6.45) is 7.90. The number of halogens is 2. The van der Waals surface area contributed by atoms with E-state index in [1.807, 2.05) is 78.9 Å². The molecule has 0 bridgehead atoms. The Bertz CT molecular complexity index is 4520. The van der Waals surface area contributed by atoms with E-state index in [-0.39, 0.29) is 34.0 Å². The third-order valence-electron chi connectivity index (χ3n) is 17.0. The summed E-state index contributed by atoms with van der Waals surface area (Å²) in [6.45, 7) is 4.49. The van der Waals surface area contributed by atoms with Crippen molar-refractivity contribution in [1.82, 2.24) is 38.9 Å². The van der Waals surface area contributed by atoms with Gasteiger partial charge >= 0.3 is 0 Å². The van der Waals surface area contributed by atoms with Crippen molar-refractivity contribution >= 4 is 43.6 Å². The number of likely N-dealkylation sites (tertiary alicyclic amines) is 2. The highest BCUT2D eigenvalue weighted by Gasteiger charge is 2.28. The first kappa shape index (κ1) is 52.6. The zero-order chi connectivity index (χ0) is 58.5. The van der Waals surface area contributed by atoms with Crippen molar-refractivity contribution in [3.63, 3.8) is 0 Å². The number of hydrogen-bond acceptors (Lipinski definition) is 8. The SMILES string of the molecule is CN1CCC(c2ccc(-c3ccc4c(=O)n(C(c5nc6ccccc6[nH]5)c5cc(F)ccc5O)ccc4c3)cc2)CC1.[2H]C(c1nc2ccccc2[nH]1)(c1cc(F)ccc1O)n1ccc2cc(-c3ccc(C4CCN(C)CC4)cc3)ccc2c1=O. The van der Waals surface area contributed by atoms with Crippen molar-refractivity contribution < 1.29 is 20.4 Å². The Morgan fingerprint density at radius 1 is 0.500 bits per heavy atom. The molecule has 6 heterocycles. The Labute approximate surface area is 485 Å². The summed E-state index contributed by atoms with van der Waals surface area (Å²) in [5.74, 6) is 0.107. The molecule has 84 heavy (non-hydrogen) atoms. The Morgan fingerprint density at radius 3 is 1.44 bits per heavy atom. The van der Waals surface area contributed by atoms with Crippen LogP contribution in [0.25, 0.3) is 65.9 Å². The highest BCUT2D eigenvalue weighted by Crippen LogP contribution is 2.37. The number of imidazole rings is 2. The molecular weight excluding hydrogens is 1050 g/mol. The van der Waals surface area contributed by atoms with Gasteiger partial charge in [0.25, 0.3) is 11.1 Å². The van der Waals surface area contributed by atoms with E-state index in [4.69, 9.17) is 4.98 Å². The second-order valence-corrected chi connectivity index (χ2v) is 22.4. The third kappa shape index (κ3) is 10.7. The van der Waals surface area contributed by atoms with Gasteiger partial charge < -0.3 is 39.1 Å². The maximum atomic E-state index is 14.5. The number of nitrogens with one attached hydrogen (secondary N) is 2. The summed E-state index contributed by atoms with van der Waals surface area (Å²) in [4.78, 5) is 48.4. The van der Waals surface area contributed by atoms with E-state index in [1.54, 1.807) is 24.4 Å². The van der Waals surface area contributed by atoms with Crippen molar-refractivity contribution in [2.24, 2.45) is 0 Å². The molecule has 420 valence electrons. The van der Waals surface area contributed by atoms with Crippen LogP contribution in [0.3, 0.4) is 0 Å². The van der Waals surface area contributed by atoms with Crippen LogP contribution < -0.4 is 11.1 Å². The van der Waals surface area contributed by atoms with E-state index in [0.717, 1.165) is 84.3 Å². The van der Waals surface area contributed by atoms with Gasteiger partial charge in [0.05, 0.1) is 23.4 Å².